The van der Waals surface area contributed by atoms with Crippen LogP contribution in [0, 0.1) is 25.1 Å². The van der Waals surface area contributed by atoms with Crippen LogP contribution in [0.4, 0.5) is 4.39 Å². The highest BCUT2D eigenvalue weighted by atomic mass is 127. The summed E-state index contributed by atoms with van der Waals surface area (Å²) < 4.78 is 24.1. The van der Waals surface area contributed by atoms with E-state index in [2.05, 4.69) is 21.5 Å². The molecule has 0 aliphatic heterocycles. The average Bonchev–Trinajstić information content (AvgIpc) is 2.69. The van der Waals surface area contributed by atoms with E-state index in [9.17, 15) is 4.39 Å². The predicted octanol–water partition coefficient (Wildman–Crippen LogP) is 3.64. The van der Waals surface area contributed by atoms with Crippen LogP contribution in [0.1, 0.15) is 16.7 Å². The van der Waals surface area contributed by atoms with Crippen LogP contribution in [0.2, 0.25) is 0 Å². The number of guanidine groups is 1. The molecule has 0 aliphatic carbocycles. The average molecular weight is 497 g/mol. The second-order valence-corrected chi connectivity index (χ2v) is 5.84. The molecule has 5 nitrogen and oxygen atoms in total. The molecule has 2 N–H and O–H groups in total. The lowest BCUT2D eigenvalue weighted by atomic mass is 10.1. The summed E-state index contributed by atoms with van der Waals surface area (Å²) >= 11 is 0. The van der Waals surface area contributed by atoms with Crippen molar-refractivity contribution in [2.75, 3.05) is 20.8 Å². The number of terminal acetylenes is 1. The monoisotopic (exact) mass is 497 g/mol. The van der Waals surface area contributed by atoms with Gasteiger partial charge in [-0.25, -0.2) is 4.39 Å². The number of nitrogens with zero attached hydrogens (tertiary/aromatic N) is 1. The molecule has 0 saturated heterocycles. The van der Waals surface area contributed by atoms with Gasteiger partial charge in [0.2, 0.25) is 0 Å². The fraction of sp³-hybridized carbons (Fsp3) is 0.286. The number of aliphatic imine (C=N–C) groups is 1. The van der Waals surface area contributed by atoms with Gasteiger partial charge in [-0.1, -0.05) is 24.1 Å². The molecule has 0 radical (unpaired) electrons. The molecule has 0 fully saturated rings. The van der Waals surface area contributed by atoms with Crippen molar-refractivity contribution < 1.29 is 13.9 Å². The summed E-state index contributed by atoms with van der Waals surface area (Å²) in [5.41, 5.74) is 2.59. The lowest BCUT2D eigenvalue weighted by molar-refractivity contribution is 0.330. The van der Waals surface area contributed by atoms with Gasteiger partial charge >= 0.3 is 0 Å². The van der Waals surface area contributed by atoms with Gasteiger partial charge in [0.05, 0.1) is 7.11 Å². The van der Waals surface area contributed by atoms with Crippen molar-refractivity contribution in [3.05, 3.63) is 58.9 Å². The Hall–Kier alpha value is -2.47. The van der Waals surface area contributed by atoms with E-state index in [0.717, 1.165) is 11.1 Å². The van der Waals surface area contributed by atoms with Crippen molar-refractivity contribution in [1.82, 2.24) is 10.6 Å². The van der Waals surface area contributed by atoms with Gasteiger partial charge in [-0.3, -0.25) is 4.99 Å². The second-order valence-electron chi connectivity index (χ2n) is 5.84. The third kappa shape index (κ3) is 6.93. The smallest absolute Gasteiger partial charge is 0.191 e. The summed E-state index contributed by atoms with van der Waals surface area (Å²) in [6.07, 6.45) is 5.25. The molecule has 0 aliphatic rings. The molecule has 0 unspecified atom stereocenters. The summed E-state index contributed by atoms with van der Waals surface area (Å²) in [6.45, 7) is 3.00. The molecule has 2 aromatic rings. The minimum atomic E-state index is -0.205. The highest BCUT2D eigenvalue weighted by Gasteiger charge is 2.07. The molecule has 0 bridgehead atoms. The zero-order chi connectivity index (χ0) is 19.6. The first kappa shape index (κ1) is 23.6. The largest absolute Gasteiger partial charge is 0.493 e. The molecule has 0 heterocycles. The predicted molar refractivity (Wildman–Crippen MR) is 121 cm³/mol. The van der Waals surface area contributed by atoms with Gasteiger partial charge in [-0.15, -0.1) is 30.4 Å². The van der Waals surface area contributed by atoms with Crippen LogP contribution in [-0.4, -0.2) is 26.7 Å². The van der Waals surface area contributed by atoms with Crippen molar-refractivity contribution in [2.24, 2.45) is 4.99 Å². The Morgan fingerprint density at radius 2 is 1.75 bits per heavy atom. The first-order valence-corrected chi connectivity index (χ1v) is 8.50. The minimum absolute atomic E-state index is 0. The summed E-state index contributed by atoms with van der Waals surface area (Å²) in [6, 6.07) is 10.7. The molecule has 0 atom stereocenters. The maximum absolute atomic E-state index is 13.4. The molecular weight excluding hydrogens is 472 g/mol. The van der Waals surface area contributed by atoms with Gasteiger partial charge in [0.1, 0.15) is 12.4 Å². The second kappa shape index (κ2) is 12.1. The van der Waals surface area contributed by atoms with Gasteiger partial charge in [0.25, 0.3) is 0 Å². The minimum Gasteiger partial charge on any atom is -0.493 e. The van der Waals surface area contributed by atoms with Crippen LogP contribution in [0.15, 0.2) is 41.4 Å². The highest BCUT2D eigenvalue weighted by Crippen LogP contribution is 2.27. The Kier molecular flexibility index (Phi) is 10.2. The van der Waals surface area contributed by atoms with Gasteiger partial charge in [-0.2, -0.15) is 0 Å². The van der Waals surface area contributed by atoms with Crippen LogP contribution in [-0.2, 0) is 13.1 Å². The molecule has 28 heavy (non-hydrogen) atoms. The SMILES string of the molecule is C#CCOc1cc(CNC(=NC)NCc2ccc(F)c(C)c2)ccc1OC.I. The number of benzene rings is 2. The van der Waals surface area contributed by atoms with Crippen LogP contribution in [0.25, 0.3) is 0 Å². The van der Waals surface area contributed by atoms with Crippen molar-refractivity contribution in [1.29, 1.82) is 0 Å². The van der Waals surface area contributed by atoms with E-state index < -0.39 is 0 Å². The van der Waals surface area contributed by atoms with E-state index in [1.54, 1.807) is 27.1 Å². The Morgan fingerprint density at radius 3 is 2.32 bits per heavy atom. The van der Waals surface area contributed by atoms with Crippen molar-refractivity contribution in [3.63, 3.8) is 0 Å². The van der Waals surface area contributed by atoms with Gasteiger partial charge < -0.3 is 20.1 Å². The fourth-order valence-corrected chi connectivity index (χ4v) is 2.47. The Balaban J connectivity index is 0.00000392. The van der Waals surface area contributed by atoms with Crippen LogP contribution in [0.5, 0.6) is 11.5 Å². The summed E-state index contributed by atoms with van der Waals surface area (Å²) in [5, 5.41) is 6.44. The Bertz CT molecular complexity index is 850. The van der Waals surface area contributed by atoms with Gasteiger partial charge in [0, 0.05) is 20.1 Å². The molecule has 150 valence electrons. The van der Waals surface area contributed by atoms with Crippen molar-refractivity contribution >= 4 is 29.9 Å². The highest BCUT2D eigenvalue weighted by molar-refractivity contribution is 14.0. The third-order valence-corrected chi connectivity index (χ3v) is 3.90. The molecule has 0 saturated carbocycles. The molecule has 2 rings (SSSR count). The third-order valence-electron chi connectivity index (χ3n) is 3.90. The molecule has 7 heteroatoms. The van der Waals surface area contributed by atoms with E-state index in [-0.39, 0.29) is 36.4 Å². The standard InChI is InChI=1S/C21H24FN3O2.HI/c1-5-10-27-20-12-17(7-9-19(20)26-4)14-25-21(23-3)24-13-16-6-8-18(22)15(2)11-16;/h1,6-9,11-12H,10,13-14H2,2-4H3,(H2,23,24,25);1H. The van der Waals surface area contributed by atoms with Crippen LogP contribution in [0.3, 0.4) is 0 Å². The number of rotatable bonds is 7. The van der Waals surface area contributed by atoms with E-state index in [1.165, 1.54) is 6.07 Å². The quantitative estimate of drug-likeness (QED) is 0.266. The fourth-order valence-electron chi connectivity index (χ4n) is 2.47. The number of methoxy groups -OCH3 is 1. The Labute approximate surface area is 182 Å². The zero-order valence-corrected chi connectivity index (χ0v) is 18.5. The zero-order valence-electron chi connectivity index (χ0n) is 16.2. The lowest BCUT2D eigenvalue weighted by Gasteiger charge is -2.14. The number of hydrogen-bond donors (Lipinski definition) is 2. The number of hydrogen-bond acceptors (Lipinski definition) is 3. The number of halogens is 2. The van der Waals surface area contributed by atoms with Crippen molar-refractivity contribution in [3.8, 4) is 23.8 Å². The van der Waals surface area contributed by atoms with E-state index >= 15 is 0 Å². The van der Waals surface area contributed by atoms with E-state index in [0.29, 0.717) is 36.1 Å². The maximum atomic E-state index is 13.4. The van der Waals surface area contributed by atoms with E-state index in [4.69, 9.17) is 15.9 Å². The van der Waals surface area contributed by atoms with Crippen LogP contribution < -0.4 is 20.1 Å². The molecular formula is C21H25FIN3O2. The lowest BCUT2D eigenvalue weighted by Crippen LogP contribution is -2.36. The molecule has 0 spiro atoms. The van der Waals surface area contributed by atoms with Gasteiger partial charge in [-0.05, 0) is 41.8 Å². The first-order chi connectivity index (χ1) is 13.1. The molecule has 2 aromatic carbocycles. The summed E-state index contributed by atoms with van der Waals surface area (Å²) in [7, 11) is 3.28. The number of ether oxygens (including phenoxy) is 2. The topological polar surface area (TPSA) is 54.9 Å². The first-order valence-electron chi connectivity index (χ1n) is 8.50. The van der Waals surface area contributed by atoms with Gasteiger partial charge in [0.15, 0.2) is 17.5 Å². The normalized spacial score (nSPS) is 10.5. The number of aryl methyl sites for hydroxylation is 1. The summed E-state index contributed by atoms with van der Waals surface area (Å²) in [4.78, 5) is 4.20. The maximum Gasteiger partial charge on any atom is 0.191 e. The molecule has 0 amide bonds. The number of nitrogens with one attached hydrogen (secondary N) is 2. The molecule has 0 aromatic heterocycles. The van der Waals surface area contributed by atoms with Crippen LogP contribution >= 0.6 is 24.0 Å². The summed E-state index contributed by atoms with van der Waals surface area (Å²) in [5.74, 6) is 4.10. The van der Waals surface area contributed by atoms with E-state index in [1.807, 2.05) is 24.3 Å². The Morgan fingerprint density at radius 1 is 1.11 bits per heavy atom. The van der Waals surface area contributed by atoms with Crippen molar-refractivity contribution in [2.45, 2.75) is 20.0 Å².